The third-order valence-corrected chi connectivity index (χ3v) is 0.562. The average molecular weight is 100 g/mol. The van der Waals surface area contributed by atoms with E-state index in [9.17, 15) is 0 Å². The Balaban J connectivity index is 2.60. The molecule has 0 aromatic rings. The van der Waals surface area contributed by atoms with E-state index in [0.717, 1.165) is 0 Å². The predicted octanol–water partition coefficient (Wildman–Crippen LogP) is 0.937. The molecule has 0 saturated heterocycles. The van der Waals surface area contributed by atoms with Crippen molar-refractivity contribution in [2.75, 3.05) is 13.2 Å². The summed E-state index contributed by atoms with van der Waals surface area (Å²) in [6.07, 6.45) is 0.508. The Morgan fingerprint density at radius 3 is 2.86 bits per heavy atom. The van der Waals surface area contributed by atoms with Gasteiger partial charge < -0.3 is 4.74 Å². The van der Waals surface area contributed by atoms with Crippen molar-refractivity contribution < 1.29 is 4.74 Å². The van der Waals surface area contributed by atoms with E-state index < -0.39 is 0 Å². The molecule has 0 aromatic heterocycles. The highest BCUT2D eigenvalue weighted by Gasteiger charge is 1.77. The van der Waals surface area contributed by atoms with Crippen molar-refractivity contribution in [2.24, 2.45) is 0 Å². The summed E-state index contributed by atoms with van der Waals surface area (Å²) in [5, 5.41) is 7.96. The molecule has 40 valence electrons. The zero-order chi connectivity index (χ0) is 5.54. The molecule has 0 bridgehead atoms. The van der Waals surface area contributed by atoms with Gasteiger partial charge in [-0.2, -0.15) is 5.26 Å². The third kappa shape index (κ3) is 5.45. The fraction of sp³-hybridized carbons (Fsp3) is 0.800. The smallest absolute Gasteiger partial charge is 0.0645 e. The van der Waals surface area contributed by atoms with Crippen molar-refractivity contribution in [2.45, 2.75) is 13.3 Å². The van der Waals surface area contributed by atoms with Gasteiger partial charge in [-0.25, -0.2) is 0 Å². The first-order chi connectivity index (χ1) is 3.41. The first-order valence-electron chi connectivity index (χ1n) is 2.36. The Bertz CT molecular complexity index is 65.0. The van der Waals surface area contributed by atoms with Crippen molar-refractivity contribution in [1.82, 2.24) is 0 Å². The van der Waals surface area contributed by atoms with E-state index in [1.807, 2.05) is 13.0 Å². The molecule has 0 aliphatic carbocycles. The van der Waals surface area contributed by atoms with E-state index in [-0.39, 0.29) is 0 Å². The lowest BCUT2D eigenvalue weighted by Crippen LogP contribution is -1.89. The van der Waals surface area contributed by atoms with Crippen LogP contribution in [0.1, 0.15) is 13.3 Å². The Kier molecular flexibility index (Phi) is 5.02. The molecule has 0 unspecified atom stereocenters. The Hall–Kier alpha value is -0.550. The van der Waals surface area contributed by atoms with Gasteiger partial charge in [-0.05, 0) is 6.92 Å². The number of rotatable bonds is 3. The van der Waals surface area contributed by atoms with Crippen LogP contribution in [0.4, 0.5) is 0 Å². The molecule has 0 N–H and O–H groups in total. The minimum absolute atomic E-state index is 0.508. The van der Waals surface area contributed by atoms with E-state index in [1.165, 1.54) is 0 Å². The maximum absolute atomic E-state index is 7.96. The van der Waals surface area contributed by atoms with Crippen molar-refractivity contribution in [3.05, 3.63) is 0 Å². The van der Waals surface area contributed by atoms with Crippen LogP contribution in [-0.2, 0) is 4.74 Å². The van der Waals surface area contributed by atoms with E-state index in [0.29, 0.717) is 19.6 Å². The summed E-state index contributed by atoms with van der Waals surface area (Å²) in [6.45, 7) is 3.20. The maximum Gasteiger partial charge on any atom is 0.0645 e. The molecule has 0 aliphatic rings. The summed E-state index contributed by atoms with van der Waals surface area (Å²) in [7, 11) is 0. The van der Waals surface area contributed by atoms with Crippen LogP contribution in [-0.4, -0.2) is 13.2 Å². The molecule has 0 amide bonds. The standard InChI is InChI=1S/C5H9NO/c1-2-7-5-3-4-6/h2-3,5H2,1H3/i6+1. The molecule has 2 heteroatoms. The molecule has 0 saturated carbocycles. The van der Waals surface area contributed by atoms with Crippen LogP contribution < -0.4 is 0 Å². The number of hydrogen-bond donors (Lipinski definition) is 0. The van der Waals surface area contributed by atoms with Gasteiger partial charge in [0.2, 0.25) is 0 Å². The van der Waals surface area contributed by atoms with Crippen molar-refractivity contribution >= 4 is 0 Å². The van der Waals surface area contributed by atoms with Crippen LogP contribution in [0, 0.1) is 11.3 Å². The van der Waals surface area contributed by atoms with Crippen molar-refractivity contribution in [3.8, 4) is 6.07 Å². The van der Waals surface area contributed by atoms with E-state index in [2.05, 4.69) is 0 Å². The van der Waals surface area contributed by atoms with Crippen LogP contribution in [0.15, 0.2) is 0 Å². The zero-order valence-electron chi connectivity index (χ0n) is 4.48. The minimum atomic E-state index is 0.508. The predicted molar refractivity (Wildman–Crippen MR) is 26.7 cm³/mol. The first kappa shape index (κ1) is 6.45. The summed E-state index contributed by atoms with van der Waals surface area (Å²) in [6, 6.07) is 1.98. The fourth-order valence-corrected chi connectivity index (χ4v) is 0.262. The molecule has 7 heavy (non-hydrogen) atoms. The average Bonchev–Trinajstić information content (AvgIpc) is 1.69. The normalized spacial score (nSPS) is 8.00. The minimum Gasteiger partial charge on any atom is -0.381 e. The van der Waals surface area contributed by atoms with Gasteiger partial charge in [0.15, 0.2) is 0 Å². The van der Waals surface area contributed by atoms with Gasteiger partial charge >= 0.3 is 0 Å². The van der Waals surface area contributed by atoms with E-state index >= 15 is 0 Å². The number of nitrogens with zero attached hydrogens (tertiary/aromatic N) is 1. The molecule has 0 heterocycles. The summed E-state index contributed by atoms with van der Waals surface area (Å²) in [5.74, 6) is 0. The summed E-state index contributed by atoms with van der Waals surface area (Å²) in [4.78, 5) is 0. The lowest BCUT2D eigenvalue weighted by Gasteiger charge is -1.90. The molecule has 0 rings (SSSR count). The Morgan fingerprint density at radius 2 is 2.43 bits per heavy atom. The molecule has 0 atom stereocenters. The second-order valence-corrected chi connectivity index (χ2v) is 1.11. The second kappa shape index (κ2) is 5.45. The largest absolute Gasteiger partial charge is 0.381 e. The zero-order valence-corrected chi connectivity index (χ0v) is 4.48. The number of hydrogen-bond acceptors (Lipinski definition) is 2. The molecular formula is C5H9NO. The molecule has 2 nitrogen and oxygen atoms in total. The summed E-state index contributed by atoms with van der Waals surface area (Å²) < 4.78 is 4.85. The molecular weight excluding hydrogens is 91.1 g/mol. The van der Waals surface area contributed by atoms with Gasteiger partial charge in [0.05, 0.1) is 19.1 Å². The Morgan fingerprint density at radius 1 is 1.71 bits per heavy atom. The van der Waals surface area contributed by atoms with Gasteiger partial charge in [-0.1, -0.05) is 0 Å². The van der Waals surface area contributed by atoms with Crippen molar-refractivity contribution in [3.63, 3.8) is 0 Å². The van der Waals surface area contributed by atoms with Gasteiger partial charge in [-0.3, -0.25) is 0 Å². The number of ether oxygens (including phenoxy) is 1. The SMILES string of the molecule is CCOCCC#[15N]. The van der Waals surface area contributed by atoms with Gasteiger partial charge in [0.25, 0.3) is 0 Å². The Labute approximate surface area is 43.7 Å². The van der Waals surface area contributed by atoms with Crippen LogP contribution >= 0.6 is 0 Å². The highest BCUT2D eigenvalue weighted by atomic mass is 16.5. The highest BCUT2D eigenvalue weighted by Crippen LogP contribution is 1.76. The van der Waals surface area contributed by atoms with Gasteiger partial charge in [-0.15, -0.1) is 0 Å². The van der Waals surface area contributed by atoms with E-state index in [1.54, 1.807) is 0 Å². The van der Waals surface area contributed by atoms with Gasteiger partial charge in [0.1, 0.15) is 0 Å². The van der Waals surface area contributed by atoms with Crippen molar-refractivity contribution in [1.29, 1.82) is 5.26 Å². The quantitative estimate of drug-likeness (QED) is 0.390. The molecule has 0 aromatic carbocycles. The first-order valence-corrected chi connectivity index (χ1v) is 2.36. The van der Waals surface area contributed by atoms with Crippen LogP contribution in [0.25, 0.3) is 0 Å². The topological polar surface area (TPSA) is 33.0 Å². The third-order valence-electron chi connectivity index (χ3n) is 0.562. The van der Waals surface area contributed by atoms with Crippen LogP contribution in [0.2, 0.25) is 0 Å². The van der Waals surface area contributed by atoms with Crippen LogP contribution in [0.3, 0.4) is 0 Å². The lowest BCUT2D eigenvalue weighted by molar-refractivity contribution is 0.153. The van der Waals surface area contributed by atoms with Gasteiger partial charge in [0, 0.05) is 6.61 Å². The molecule has 0 spiro atoms. The molecule has 0 fully saturated rings. The number of nitriles is 1. The molecule has 0 aliphatic heterocycles. The molecule has 0 radical (unpaired) electrons. The highest BCUT2D eigenvalue weighted by molar-refractivity contribution is 4.66. The fourth-order valence-electron chi connectivity index (χ4n) is 0.262. The second-order valence-electron chi connectivity index (χ2n) is 1.11. The monoisotopic (exact) mass is 100 g/mol. The maximum atomic E-state index is 7.96. The lowest BCUT2D eigenvalue weighted by atomic mass is 10.5. The van der Waals surface area contributed by atoms with E-state index in [4.69, 9.17) is 10.00 Å². The van der Waals surface area contributed by atoms with Crippen LogP contribution in [0.5, 0.6) is 0 Å². The summed E-state index contributed by atoms with van der Waals surface area (Å²) in [5.41, 5.74) is 0. The summed E-state index contributed by atoms with van der Waals surface area (Å²) >= 11 is 0.